The number of rotatable bonds is 4. The van der Waals surface area contributed by atoms with Crippen molar-refractivity contribution in [1.82, 2.24) is 4.90 Å². The molecule has 24 heavy (non-hydrogen) atoms. The minimum atomic E-state index is -0.875. The van der Waals surface area contributed by atoms with Gasteiger partial charge >= 0.3 is 0 Å². The fourth-order valence-corrected chi connectivity index (χ4v) is 3.19. The Morgan fingerprint density at radius 3 is 2.25 bits per heavy atom. The number of nitrogens with zero attached hydrogens (tertiary/aromatic N) is 1. The molecule has 0 saturated carbocycles. The van der Waals surface area contributed by atoms with Crippen molar-refractivity contribution in [2.45, 2.75) is 18.4 Å². The molecule has 1 aliphatic rings. The summed E-state index contributed by atoms with van der Waals surface area (Å²) in [6.07, 6.45) is 1.12. The predicted molar refractivity (Wildman–Crippen MR) is 91.8 cm³/mol. The van der Waals surface area contributed by atoms with Crippen LogP contribution in [0.4, 0.5) is 4.39 Å². The van der Waals surface area contributed by atoms with Gasteiger partial charge in [0.2, 0.25) is 0 Å². The molecule has 2 aromatic carbocycles. The number of hydrogen-bond acceptors (Lipinski definition) is 3. The fourth-order valence-electron chi connectivity index (χ4n) is 3.06. The molecule has 1 saturated heterocycles. The van der Waals surface area contributed by atoms with Crippen LogP contribution in [0.15, 0.2) is 48.5 Å². The second-order valence-electron chi connectivity index (χ2n) is 6.24. The summed E-state index contributed by atoms with van der Waals surface area (Å²) >= 11 is 5.89. The zero-order valence-corrected chi connectivity index (χ0v) is 14.0. The number of ketones is 1. The summed E-state index contributed by atoms with van der Waals surface area (Å²) in [6.45, 7) is 1.54. The lowest BCUT2D eigenvalue weighted by Gasteiger charge is -2.38. The highest BCUT2D eigenvalue weighted by Gasteiger charge is 2.34. The van der Waals surface area contributed by atoms with Crippen LogP contribution in [0.5, 0.6) is 0 Å². The van der Waals surface area contributed by atoms with Crippen LogP contribution in [0.2, 0.25) is 5.02 Å². The van der Waals surface area contributed by atoms with Crippen LogP contribution >= 0.6 is 11.6 Å². The van der Waals surface area contributed by atoms with Gasteiger partial charge in [0.05, 0.1) is 12.1 Å². The highest BCUT2D eigenvalue weighted by Crippen LogP contribution is 2.33. The van der Waals surface area contributed by atoms with Crippen molar-refractivity contribution in [3.63, 3.8) is 0 Å². The Labute approximate surface area is 145 Å². The van der Waals surface area contributed by atoms with Gasteiger partial charge in [0.1, 0.15) is 5.82 Å². The minimum Gasteiger partial charge on any atom is -0.385 e. The average molecular weight is 348 g/mol. The second-order valence-corrected chi connectivity index (χ2v) is 6.68. The van der Waals surface area contributed by atoms with Gasteiger partial charge in [-0.05, 0) is 54.8 Å². The molecule has 0 bridgehead atoms. The first-order valence-electron chi connectivity index (χ1n) is 7.96. The lowest BCUT2D eigenvalue weighted by molar-refractivity contribution is -0.0245. The maximum absolute atomic E-state index is 12.9. The molecule has 3 nitrogen and oxygen atoms in total. The lowest BCUT2D eigenvalue weighted by atomic mass is 9.84. The molecule has 2 aromatic rings. The van der Waals surface area contributed by atoms with E-state index >= 15 is 0 Å². The Balaban J connectivity index is 1.59. The third kappa shape index (κ3) is 3.83. The number of hydrogen-bond donors (Lipinski definition) is 1. The van der Waals surface area contributed by atoms with Gasteiger partial charge in [0.15, 0.2) is 5.78 Å². The molecule has 1 N–H and O–H groups in total. The Morgan fingerprint density at radius 1 is 1.08 bits per heavy atom. The molecule has 0 spiro atoms. The smallest absolute Gasteiger partial charge is 0.176 e. The molecule has 1 aliphatic heterocycles. The number of carbonyl (C=O) groups excluding carboxylic acids is 1. The number of benzene rings is 2. The molecule has 0 unspecified atom stereocenters. The van der Waals surface area contributed by atoms with Gasteiger partial charge in [0, 0.05) is 23.7 Å². The number of carbonyl (C=O) groups is 1. The number of piperidine rings is 1. The van der Waals surface area contributed by atoms with Crippen molar-refractivity contribution >= 4 is 17.4 Å². The lowest BCUT2D eigenvalue weighted by Crippen LogP contribution is -2.44. The zero-order chi connectivity index (χ0) is 17.2. The summed E-state index contributed by atoms with van der Waals surface area (Å²) in [5.41, 5.74) is 0.492. The van der Waals surface area contributed by atoms with Gasteiger partial charge in [-0.25, -0.2) is 4.39 Å². The molecular weight excluding hydrogens is 329 g/mol. The third-order valence-electron chi connectivity index (χ3n) is 4.60. The van der Waals surface area contributed by atoms with E-state index in [-0.39, 0.29) is 18.1 Å². The summed E-state index contributed by atoms with van der Waals surface area (Å²) in [4.78, 5) is 14.3. The van der Waals surface area contributed by atoms with Crippen LogP contribution in [0.3, 0.4) is 0 Å². The van der Waals surface area contributed by atoms with E-state index in [0.29, 0.717) is 36.5 Å². The van der Waals surface area contributed by atoms with Crippen molar-refractivity contribution in [2.24, 2.45) is 0 Å². The molecule has 3 rings (SSSR count). The van der Waals surface area contributed by atoms with E-state index in [1.165, 1.54) is 24.3 Å². The predicted octanol–water partition coefficient (Wildman–Crippen LogP) is 3.65. The zero-order valence-electron chi connectivity index (χ0n) is 13.2. The van der Waals surface area contributed by atoms with E-state index in [4.69, 9.17) is 11.6 Å². The van der Waals surface area contributed by atoms with Crippen molar-refractivity contribution in [3.8, 4) is 0 Å². The summed E-state index contributed by atoms with van der Waals surface area (Å²) in [5.74, 6) is -0.385. The average Bonchev–Trinajstić information content (AvgIpc) is 2.58. The molecule has 0 amide bonds. The minimum absolute atomic E-state index is 0.0352. The highest BCUT2D eigenvalue weighted by atomic mass is 35.5. The van der Waals surface area contributed by atoms with E-state index < -0.39 is 5.60 Å². The number of aliphatic hydroxyl groups is 1. The van der Waals surface area contributed by atoms with Gasteiger partial charge in [-0.1, -0.05) is 23.7 Å². The first-order chi connectivity index (χ1) is 11.5. The maximum Gasteiger partial charge on any atom is 0.176 e. The summed E-state index contributed by atoms with van der Waals surface area (Å²) in [7, 11) is 0. The second kappa shape index (κ2) is 7.01. The van der Waals surface area contributed by atoms with Crippen molar-refractivity contribution in [2.75, 3.05) is 19.6 Å². The molecule has 0 radical (unpaired) electrons. The first-order valence-corrected chi connectivity index (χ1v) is 8.34. The van der Waals surface area contributed by atoms with Crippen LogP contribution in [0.1, 0.15) is 28.8 Å². The largest absolute Gasteiger partial charge is 0.385 e. The Kier molecular flexibility index (Phi) is 4.99. The summed E-state index contributed by atoms with van der Waals surface area (Å²) in [6, 6.07) is 12.9. The Bertz CT molecular complexity index is 707. The topological polar surface area (TPSA) is 40.5 Å². The van der Waals surface area contributed by atoms with E-state index in [2.05, 4.69) is 0 Å². The number of halogens is 2. The monoisotopic (exact) mass is 347 g/mol. The van der Waals surface area contributed by atoms with Gasteiger partial charge in [0.25, 0.3) is 0 Å². The first kappa shape index (κ1) is 17.1. The van der Waals surface area contributed by atoms with Gasteiger partial charge < -0.3 is 5.11 Å². The van der Waals surface area contributed by atoms with Crippen molar-refractivity contribution in [3.05, 3.63) is 70.5 Å². The van der Waals surface area contributed by atoms with Gasteiger partial charge in [-0.15, -0.1) is 0 Å². The Morgan fingerprint density at radius 2 is 1.67 bits per heavy atom. The van der Waals surface area contributed by atoms with E-state index in [1.54, 1.807) is 12.1 Å². The fraction of sp³-hybridized carbons (Fsp3) is 0.316. The molecule has 1 fully saturated rings. The molecule has 0 atom stereocenters. The molecule has 5 heteroatoms. The van der Waals surface area contributed by atoms with Crippen LogP contribution in [-0.2, 0) is 5.60 Å². The van der Waals surface area contributed by atoms with Crippen LogP contribution < -0.4 is 0 Å². The molecular formula is C19H19ClFNO2. The quantitative estimate of drug-likeness (QED) is 0.858. The van der Waals surface area contributed by atoms with E-state index in [9.17, 15) is 14.3 Å². The summed E-state index contributed by atoms with van der Waals surface area (Å²) < 4.78 is 12.9. The molecule has 0 aromatic heterocycles. The normalized spacial score (nSPS) is 17.6. The van der Waals surface area contributed by atoms with Gasteiger partial charge in [-0.2, -0.15) is 0 Å². The van der Waals surface area contributed by atoms with Gasteiger partial charge in [-0.3, -0.25) is 9.69 Å². The maximum atomic E-state index is 12.9. The van der Waals surface area contributed by atoms with Crippen molar-refractivity contribution in [1.29, 1.82) is 0 Å². The van der Waals surface area contributed by atoms with Crippen LogP contribution in [0.25, 0.3) is 0 Å². The number of likely N-dealkylation sites (tertiary alicyclic amines) is 1. The van der Waals surface area contributed by atoms with Crippen molar-refractivity contribution < 1.29 is 14.3 Å². The standard InChI is InChI=1S/C19H19ClFNO2/c20-16-5-3-15(4-6-16)19(24)9-11-22(12-10-19)13-18(23)14-1-7-17(21)8-2-14/h1-8,24H,9-13H2. The SMILES string of the molecule is O=C(CN1CCC(O)(c2ccc(Cl)cc2)CC1)c1ccc(F)cc1. The molecule has 126 valence electrons. The van der Waals surface area contributed by atoms with Crippen LogP contribution in [-0.4, -0.2) is 35.4 Å². The Hall–Kier alpha value is -1.75. The third-order valence-corrected chi connectivity index (χ3v) is 4.85. The summed E-state index contributed by atoms with van der Waals surface area (Å²) in [5, 5.41) is 11.5. The van der Waals surface area contributed by atoms with Crippen LogP contribution in [0, 0.1) is 5.82 Å². The molecule has 1 heterocycles. The highest BCUT2D eigenvalue weighted by molar-refractivity contribution is 6.30. The van der Waals surface area contributed by atoms with E-state index in [1.807, 2.05) is 17.0 Å². The number of Topliss-reactive ketones (excluding diaryl/α,β-unsaturated/α-hetero) is 1. The van der Waals surface area contributed by atoms with E-state index in [0.717, 1.165) is 5.56 Å². The molecule has 0 aliphatic carbocycles.